The molecule has 0 aliphatic carbocycles. The van der Waals surface area contributed by atoms with Gasteiger partial charge in [-0.2, -0.15) is 0 Å². The van der Waals surface area contributed by atoms with E-state index in [0.717, 1.165) is 0 Å². The third kappa shape index (κ3) is 1.94. The zero-order valence-corrected chi connectivity index (χ0v) is 5.26. The summed E-state index contributed by atoms with van der Waals surface area (Å²) in [7, 11) is 0. The first kappa shape index (κ1) is 8.76. The Kier molecular flexibility index (Phi) is 2.68. The highest BCUT2D eigenvalue weighted by molar-refractivity contribution is 4.54. The summed E-state index contributed by atoms with van der Waals surface area (Å²) in [6, 6.07) is -1.06. The van der Waals surface area contributed by atoms with Crippen LogP contribution in [0.5, 0.6) is 0 Å². The van der Waals surface area contributed by atoms with Crippen molar-refractivity contribution < 1.29 is 9.85 Å². The molecule has 10 heavy (non-hydrogen) atoms. The van der Waals surface area contributed by atoms with Crippen molar-refractivity contribution in [1.82, 2.24) is 0 Å². The normalized spacial score (nSPS) is 13.1. The highest BCUT2D eigenvalue weighted by Gasteiger charge is 2.36. The molecule has 2 N–H and O–H groups in total. The molecule has 1 unspecified atom stereocenters. The minimum Gasteiger partial charge on any atom is -0.316 e. The van der Waals surface area contributed by atoms with Crippen LogP contribution in [0, 0.1) is 20.2 Å². The van der Waals surface area contributed by atoms with Crippen molar-refractivity contribution in [3.63, 3.8) is 0 Å². The van der Waals surface area contributed by atoms with Crippen LogP contribution >= 0.6 is 0 Å². The van der Waals surface area contributed by atoms with Gasteiger partial charge in [-0.3, -0.25) is 20.2 Å². The molecular formula is C3H7N3O4. The van der Waals surface area contributed by atoms with Crippen LogP contribution in [0.1, 0.15) is 6.92 Å². The molecule has 0 fully saturated rings. The number of nitro groups is 2. The summed E-state index contributed by atoms with van der Waals surface area (Å²) in [4.78, 5) is 17.7. The fraction of sp³-hybridized carbons (Fsp3) is 1.00. The second kappa shape index (κ2) is 3.06. The van der Waals surface area contributed by atoms with Crippen LogP contribution in [0.2, 0.25) is 0 Å². The second-order valence-electron chi connectivity index (χ2n) is 1.84. The standard InChI is InChI=1S/C3H7N3O4/c1-2(4)3(5(7)8)6(9)10/h2-3H,4H2,1H3. The molecule has 0 heterocycles. The Morgan fingerprint density at radius 2 is 1.60 bits per heavy atom. The SMILES string of the molecule is CC(N)C([N+](=O)[O-])[N+](=O)[O-]. The van der Waals surface area contributed by atoms with Crippen molar-refractivity contribution >= 4 is 0 Å². The Morgan fingerprint density at radius 1 is 1.30 bits per heavy atom. The highest BCUT2D eigenvalue weighted by atomic mass is 16.7. The summed E-state index contributed by atoms with van der Waals surface area (Å²) < 4.78 is 0. The summed E-state index contributed by atoms with van der Waals surface area (Å²) in [5.74, 6) is 0. The lowest BCUT2D eigenvalue weighted by molar-refractivity contribution is -0.744. The van der Waals surface area contributed by atoms with Crippen LogP contribution in [0.25, 0.3) is 0 Å². The van der Waals surface area contributed by atoms with Crippen LogP contribution in [0.3, 0.4) is 0 Å². The zero-order chi connectivity index (χ0) is 8.31. The van der Waals surface area contributed by atoms with Crippen LogP contribution in [-0.4, -0.2) is 22.1 Å². The molecule has 0 aliphatic rings. The fourth-order valence-electron chi connectivity index (χ4n) is 0.461. The van der Waals surface area contributed by atoms with E-state index in [4.69, 9.17) is 5.73 Å². The van der Waals surface area contributed by atoms with Gasteiger partial charge < -0.3 is 5.73 Å². The van der Waals surface area contributed by atoms with E-state index in [1.165, 1.54) is 6.92 Å². The molecule has 0 rings (SSSR count). The lowest BCUT2D eigenvalue weighted by Gasteiger charge is -2.03. The van der Waals surface area contributed by atoms with Crippen molar-refractivity contribution in [3.8, 4) is 0 Å². The molecule has 0 aromatic carbocycles. The molecule has 0 spiro atoms. The molecule has 1 atom stereocenters. The average Bonchev–Trinajstić information content (AvgIpc) is 1.59. The maximum atomic E-state index is 9.87. The average molecular weight is 149 g/mol. The van der Waals surface area contributed by atoms with Gasteiger partial charge in [0, 0.05) is 0 Å². The first-order valence-corrected chi connectivity index (χ1v) is 2.49. The largest absolute Gasteiger partial charge is 0.464 e. The van der Waals surface area contributed by atoms with E-state index in [-0.39, 0.29) is 0 Å². The van der Waals surface area contributed by atoms with E-state index < -0.39 is 22.1 Å². The van der Waals surface area contributed by atoms with Gasteiger partial charge in [-0.05, 0) is 6.92 Å². The van der Waals surface area contributed by atoms with Gasteiger partial charge in [0.2, 0.25) is 0 Å². The van der Waals surface area contributed by atoms with E-state index in [2.05, 4.69) is 0 Å². The van der Waals surface area contributed by atoms with Gasteiger partial charge in [0.15, 0.2) is 0 Å². The van der Waals surface area contributed by atoms with E-state index in [0.29, 0.717) is 0 Å². The molecule has 7 heteroatoms. The molecular weight excluding hydrogens is 142 g/mol. The number of hydrogen-bond acceptors (Lipinski definition) is 5. The van der Waals surface area contributed by atoms with E-state index in [1.54, 1.807) is 0 Å². The lowest BCUT2D eigenvalue weighted by Crippen LogP contribution is -2.43. The van der Waals surface area contributed by atoms with Crippen molar-refractivity contribution in [2.75, 3.05) is 0 Å². The number of rotatable bonds is 3. The van der Waals surface area contributed by atoms with Crippen LogP contribution in [-0.2, 0) is 0 Å². The summed E-state index contributed by atoms with van der Waals surface area (Å²) in [5, 5.41) is 19.7. The molecule has 0 aliphatic heterocycles. The molecule has 0 bridgehead atoms. The van der Waals surface area contributed by atoms with Gasteiger partial charge in [-0.1, -0.05) is 0 Å². The van der Waals surface area contributed by atoms with E-state index in [1.807, 2.05) is 0 Å². The van der Waals surface area contributed by atoms with Crippen LogP contribution in [0.15, 0.2) is 0 Å². The minimum absolute atomic E-state index is 1.01. The predicted molar refractivity (Wildman–Crippen MR) is 31.4 cm³/mol. The molecule has 7 nitrogen and oxygen atoms in total. The Bertz CT molecular complexity index is 142. The summed E-state index contributed by atoms with van der Waals surface area (Å²) in [6.07, 6.45) is -1.89. The third-order valence-corrected chi connectivity index (χ3v) is 0.902. The molecule has 0 amide bonds. The zero-order valence-electron chi connectivity index (χ0n) is 5.26. The van der Waals surface area contributed by atoms with Crippen LogP contribution < -0.4 is 5.73 Å². The molecule has 0 aromatic heterocycles. The fourth-order valence-corrected chi connectivity index (χ4v) is 0.461. The van der Waals surface area contributed by atoms with Gasteiger partial charge >= 0.3 is 6.17 Å². The maximum Gasteiger partial charge on any atom is 0.464 e. The Labute approximate surface area is 56.1 Å². The molecule has 0 saturated heterocycles. The van der Waals surface area contributed by atoms with Crippen molar-refractivity contribution in [2.45, 2.75) is 19.1 Å². The molecule has 0 saturated carbocycles. The molecule has 0 radical (unpaired) electrons. The Balaban J connectivity index is 4.27. The van der Waals surface area contributed by atoms with Gasteiger partial charge in [0.05, 0.1) is 9.85 Å². The molecule has 0 aromatic rings. The van der Waals surface area contributed by atoms with Crippen molar-refractivity contribution in [1.29, 1.82) is 0 Å². The third-order valence-electron chi connectivity index (χ3n) is 0.902. The van der Waals surface area contributed by atoms with E-state index >= 15 is 0 Å². The Morgan fingerprint density at radius 3 is 1.60 bits per heavy atom. The van der Waals surface area contributed by atoms with Crippen molar-refractivity contribution in [3.05, 3.63) is 20.2 Å². The Hall–Kier alpha value is -1.24. The van der Waals surface area contributed by atoms with Gasteiger partial charge in [-0.15, -0.1) is 0 Å². The van der Waals surface area contributed by atoms with Crippen molar-refractivity contribution in [2.24, 2.45) is 5.73 Å². The number of hydrogen-bond donors (Lipinski definition) is 1. The van der Waals surface area contributed by atoms with Gasteiger partial charge in [0.25, 0.3) is 0 Å². The summed E-state index contributed by atoms with van der Waals surface area (Å²) in [5.41, 5.74) is 4.96. The van der Waals surface area contributed by atoms with Gasteiger partial charge in [0.1, 0.15) is 6.04 Å². The predicted octanol–water partition coefficient (Wildman–Crippen LogP) is -0.787. The highest BCUT2D eigenvalue weighted by Crippen LogP contribution is 1.94. The first-order chi connectivity index (χ1) is 4.46. The summed E-state index contributed by atoms with van der Waals surface area (Å²) in [6.45, 7) is 1.22. The topological polar surface area (TPSA) is 112 Å². The van der Waals surface area contributed by atoms with E-state index in [9.17, 15) is 20.2 Å². The molecule has 58 valence electrons. The smallest absolute Gasteiger partial charge is 0.316 e. The minimum atomic E-state index is -1.89. The monoisotopic (exact) mass is 149 g/mol. The maximum absolute atomic E-state index is 9.87. The number of nitrogens with zero attached hydrogens (tertiary/aromatic N) is 2. The lowest BCUT2D eigenvalue weighted by atomic mass is 10.3. The van der Waals surface area contributed by atoms with Crippen LogP contribution in [0.4, 0.5) is 0 Å². The second-order valence-corrected chi connectivity index (χ2v) is 1.84. The quantitative estimate of drug-likeness (QED) is 0.321. The van der Waals surface area contributed by atoms with Gasteiger partial charge in [-0.25, -0.2) is 0 Å². The number of nitrogens with two attached hydrogens (primary N) is 1. The summed E-state index contributed by atoms with van der Waals surface area (Å²) >= 11 is 0. The first-order valence-electron chi connectivity index (χ1n) is 2.49.